The Morgan fingerprint density at radius 1 is 1.39 bits per heavy atom. The fraction of sp³-hybridized carbons (Fsp3) is 0.286. The number of esters is 1. The molecule has 0 N–H and O–H groups in total. The zero-order valence-electron chi connectivity index (χ0n) is 10.4. The molecule has 94 valence electrons. The first kappa shape index (κ1) is 12.4. The second-order valence-electron chi connectivity index (χ2n) is 4.02. The van der Waals surface area contributed by atoms with Crippen molar-refractivity contribution in [2.24, 2.45) is 0 Å². The van der Waals surface area contributed by atoms with E-state index in [0.29, 0.717) is 23.1 Å². The van der Waals surface area contributed by atoms with Crippen LogP contribution in [-0.4, -0.2) is 12.6 Å². The minimum absolute atomic E-state index is 0.0555. The van der Waals surface area contributed by atoms with Crippen molar-refractivity contribution in [2.45, 2.75) is 20.3 Å². The van der Waals surface area contributed by atoms with Crippen LogP contribution in [0.15, 0.2) is 33.7 Å². The second-order valence-corrected chi connectivity index (χ2v) is 4.02. The van der Waals surface area contributed by atoms with Gasteiger partial charge in [0.1, 0.15) is 5.58 Å². The summed E-state index contributed by atoms with van der Waals surface area (Å²) in [4.78, 5) is 23.5. The molecule has 2 aromatic rings. The molecule has 0 spiro atoms. The maximum Gasteiger partial charge on any atom is 0.310 e. The van der Waals surface area contributed by atoms with Gasteiger partial charge >= 0.3 is 5.97 Å². The van der Waals surface area contributed by atoms with Crippen LogP contribution in [0.1, 0.15) is 18.1 Å². The molecule has 0 atom stereocenters. The normalized spacial score (nSPS) is 10.6. The molecule has 0 radical (unpaired) electrons. The minimum atomic E-state index is -0.420. The van der Waals surface area contributed by atoms with Crippen LogP contribution in [0.5, 0.6) is 0 Å². The number of fused-ring (bicyclic) bond motifs is 1. The minimum Gasteiger partial charge on any atom is -0.466 e. The molecule has 2 rings (SSSR count). The van der Waals surface area contributed by atoms with E-state index in [2.05, 4.69) is 0 Å². The van der Waals surface area contributed by atoms with E-state index in [1.807, 2.05) is 13.0 Å². The van der Waals surface area contributed by atoms with Gasteiger partial charge < -0.3 is 9.15 Å². The summed E-state index contributed by atoms with van der Waals surface area (Å²) in [5.41, 5.74) is 1.61. The predicted octanol–water partition coefficient (Wildman–Crippen LogP) is 2.21. The Labute approximate surface area is 104 Å². The van der Waals surface area contributed by atoms with E-state index in [1.165, 1.54) is 6.26 Å². The number of rotatable bonds is 3. The van der Waals surface area contributed by atoms with Gasteiger partial charge in [0, 0.05) is 5.56 Å². The van der Waals surface area contributed by atoms with Crippen LogP contribution in [0.4, 0.5) is 0 Å². The Hall–Kier alpha value is -2.10. The van der Waals surface area contributed by atoms with Crippen molar-refractivity contribution >= 4 is 16.9 Å². The first-order chi connectivity index (χ1) is 8.63. The van der Waals surface area contributed by atoms with Gasteiger partial charge in [-0.15, -0.1) is 0 Å². The molecule has 1 aromatic heterocycles. The summed E-state index contributed by atoms with van der Waals surface area (Å²) in [5, 5.41) is 0.497. The third-order valence-electron chi connectivity index (χ3n) is 2.71. The van der Waals surface area contributed by atoms with Crippen LogP contribution in [-0.2, 0) is 16.0 Å². The Morgan fingerprint density at radius 2 is 2.17 bits per heavy atom. The third kappa shape index (κ3) is 2.27. The monoisotopic (exact) mass is 246 g/mol. The van der Waals surface area contributed by atoms with Crippen LogP contribution >= 0.6 is 0 Å². The first-order valence-corrected chi connectivity index (χ1v) is 5.79. The van der Waals surface area contributed by atoms with E-state index >= 15 is 0 Å². The molecule has 0 fully saturated rings. The van der Waals surface area contributed by atoms with E-state index in [4.69, 9.17) is 9.15 Å². The van der Waals surface area contributed by atoms with E-state index in [0.717, 1.165) is 5.56 Å². The number of ether oxygens (including phenoxy) is 1. The highest BCUT2D eigenvalue weighted by Crippen LogP contribution is 2.15. The number of carbonyl (C=O) groups excluding carboxylic acids is 1. The molecule has 0 unspecified atom stereocenters. The van der Waals surface area contributed by atoms with Gasteiger partial charge in [0.15, 0.2) is 5.43 Å². The number of para-hydroxylation sites is 1. The summed E-state index contributed by atoms with van der Waals surface area (Å²) >= 11 is 0. The molecule has 4 heteroatoms. The SMILES string of the molecule is CCOC(=O)Cc1coc2c(C)cccc2c1=O. The molecular formula is C14H14O4. The fourth-order valence-electron chi connectivity index (χ4n) is 1.83. The molecule has 1 aromatic carbocycles. The molecule has 0 amide bonds. The molecule has 0 saturated heterocycles. The Balaban J connectivity index is 2.46. The molecular weight excluding hydrogens is 232 g/mol. The predicted molar refractivity (Wildman–Crippen MR) is 67.6 cm³/mol. The standard InChI is InChI=1S/C14H14O4/c1-3-17-12(15)7-10-8-18-14-9(2)5-4-6-11(14)13(10)16/h4-6,8H,3,7H2,1-2H3. The lowest BCUT2D eigenvalue weighted by Crippen LogP contribution is -2.15. The lowest BCUT2D eigenvalue weighted by molar-refractivity contribution is -0.142. The zero-order valence-corrected chi connectivity index (χ0v) is 10.4. The summed E-state index contributed by atoms with van der Waals surface area (Å²) < 4.78 is 10.2. The number of aryl methyl sites for hydroxylation is 1. The Bertz CT molecular complexity index is 640. The van der Waals surface area contributed by atoms with Gasteiger partial charge in [0.05, 0.1) is 24.7 Å². The maximum atomic E-state index is 12.2. The lowest BCUT2D eigenvalue weighted by atomic mass is 10.1. The van der Waals surface area contributed by atoms with E-state index in [-0.39, 0.29) is 11.8 Å². The number of benzene rings is 1. The average molecular weight is 246 g/mol. The summed E-state index contributed by atoms with van der Waals surface area (Å²) in [5.74, 6) is -0.420. The summed E-state index contributed by atoms with van der Waals surface area (Å²) in [6, 6.07) is 5.36. The number of hydrogen-bond donors (Lipinski definition) is 0. The molecule has 0 aliphatic heterocycles. The number of carbonyl (C=O) groups is 1. The van der Waals surface area contributed by atoms with Crippen molar-refractivity contribution in [3.8, 4) is 0 Å². The van der Waals surface area contributed by atoms with Gasteiger partial charge in [-0.05, 0) is 25.5 Å². The van der Waals surface area contributed by atoms with Crippen molar-refractivity contribution in [2.75, 3.05) is 6.61 Å². The molecule has 0 saturated carbocycles. The highest BCUT2D eigenvalue weighted by Gasteiger charge is 2.12. The van der Waals surface area contributed by atoms with Crippen LogP contribution in [0.25, 0.3) is 11.0 Å². The molecule has 0 aliphatic rings. The molecule has 4 nitrogen and oxygen atoms in total. The van der Waals surface area contributed by atoms with Gasteiger partial charge in [0.25, 0.3) is 0 Å². The van der Waals surface area contributed by atoms with Gasteiger partial charge in [-0.25, -0.2) is 0 Å². The average Bonchev–Trinajstić information content (AvgIpc) is 2.34. The quantitative estimate of drug-likeness (QED) is 0.779. The topological polar surface area (TPSA) is 56.5 Å². The molecule has 1 heterocycles. The summed E-state index contributed by atoms with van der Waals surface area (Å²) in [7, 11) is 0. The largest absolute Gasteiger partial charge is 0.466 e. The van der Waals surface area contributed by atoms with Gasteiger partial charge in [-0.1, -0.05) is 12.1 Å². The van der Waals surface area contributed by atoms with Crippen molar-refractivity contribution in [1.29, 1.82) is 0 Å². The maximum absolute atomic E-state index is 12.2. The van der Waals surface area contributed by atoms with Gasteiger partial charge in [-0.2, -0.15) is 0 Å². The molecule has 0 aliphatic carbocycles. The van der Waals surface area contributed by atoms with Gasteiger partial charge in [0.2, 0.25) is 0 Å². The van der Waals surface area contributed by atoms with Crippen molar-refractivity contribution in [3.05, 3.63) is 45.8 Å². The third-order valence-corrected chi connectivity index (χ3v) is 2.71. The fourth-order valence-corrected chi connectivity index (χ4v) is 1.83. The lowest BCUT2D eigenvalue weighted by Gasteiger charge is -2.04. The molecule has 0 bridgehead atoms. The van der Waals surface area contributed by atoms with Crippen molar-refractivity contribution in [1.82, 2.24) is 0 Å². The van der Waals surface area contributed by atoms with Crippen LogP contribution in [0.3, 0.4) is 0 Å². The first-order valence-electron chi connectivity index (χ1n) is 5.79. The highest BCUT2D eigenvalue weighted by molar-refractivity contribution is 5.81. The van der Waals surface area contributed by atoms with Crippen LogP contribution < -0.4 is 5.43 Å². The van der Waals surface area contributed by atoms with Crippen LogP contribution in [0, 0.1) is 6.92 Å². The molecule has 18 heavy (non-hydrogen) atoms. The summed E-state index contributed by atoms with van der Waals surface area (Å²) in [6.07, 6.45) is 1.29. The van der Waals surface area contributed by atoms with E-state index in [9.17, 15) is 9.59 Å². The highest BCUT2D eigenvalue weighted by atomic mass is 16.5. The summed E-state index contributed by atoms with van der Waals surface area (Å²) in [6.45, 7) is 3.90. The number of hydrogen-bond acceptors (Lipinski definition) is 4. The smallest absolute Gasteiger partial charge is 0.310 e. The van der Waals surface area contributed by atoms with Crippen molar-refractivity contribution < 1.29 is 13.9 Å². The zero-order chi connectivity index (χ0) is 13.1. The van der Waals surface area contributed by atoms with E-state index in [1.54, 1.807) is 19.1 Å². The Kier molecular flexibility index (Phi) is 3.46. The second kappa shape index (κ2) is 5.04. The Morgan fingerprint density at radius 3 is 2.89 bits per heavy atom. The van der Waals surface area contributed by atoms with Crippen molar-refractivity contribution in [3.63, 3.8) is 0 Å². The van der Waals surface area contributed by atoms with Crippen LogP contribution in [0.2, 0.25) is 0 Å². The van der Waals surface area contributed by atoms with E-state index < -0.39 is 5.97 Å². The van der Waals surface area contributed by atoms with Gasteiger partial charge in [-0.3, -0.25) is 9.59 Å².